The van der Waals surface area contributed by atoms with Gasteiger partial charge in [-0.3, -0.25) is 0 Å². The molecule has 0 heterocycles. The van der Waals surface area contributed by atoms with Gasteiger partial charge in [-0.1, -0.05) is 32.6 Å². The first-order chi connectivity index (χ1) is 5.88. The van der Waals surface area contributed by atoms with E-state index in [0.29, 0.717) is 0 Å². The van der Waals surface area contributed by atoms with Gasteiger partial charge in [0.25, 0.3) is 0 Å². The molecule has 0 aromatic rings. The van der Waals surface area contributed by atoms with Crippen LogP contribution in [0.25, 0.3) is 0 Å². The van der Waals surface area contributed by atoms with Gasteiger partial charge in [0.2, 0.25) is 0 Å². The summed E-state index contributed by atoms with van der Waals surface area (Å²) >= 11 is 0. The average molecular weight is 169 g/mol. The van der Waals surface area contributed by atoms with E-state index in [1.807, 2.05) is 0 Å². The fraction of sp³-hybridized carbons (Fsp3) is 1.00. The van der Waals surface area contributed by atoms with Gasteiger partial charge in [0.1, 0.15) is 0 Å². The molecule has 0 aromatic carbocycles. The lowest BCUT2D eigenvalue weighted by Gasteiger charge is -2.36. The van der Waals surface area contributed by atoms with Crippen molar-refractivity contribution in [2.45, 2.75) is 45.4 Å². The maximum absolute atomic E-state index is 3.29. The second-order valence-electron chi connectivity index (χ2n) is 4.15. The Labute approximate surface area is 76.9 Å². The van der Waals surface area contributed by atoms with E-state index in [2.05, 4.69) is 19.3 Å². The molecule has 72 valence electrons. The van der Waals surface area contributed by atoms with Crippen LogP contribution in [0.15, 0.2) is 0 Å². The summed E-state index contributed by atoms with van der Waals surface area (Å²) < 4.78 is 0. The van der Waals surface area contributed by atoms with Gasteiger partial charge in [0.05, 0.1) is 0 Å². The molecule has 1 N–H and O–H groups in total. The van der Waals surface area contributed by atoms with Gasteiger partial charge in [0, 0.05) is 0 Å². The second-order valence-corrected chi connectivity index (χ2v) is 4.15. The molecule has 0 radical (unpaired) electrons. The molecule has 0 amide bonds. The molecule has 0 bridgehead atoms. The minimum atomic E-state index is 1.01. The van der Waals surface area contributed by atoms with Gasteiger partial charge in [-0.2, -0.15) is 0 Å². The van der Waals surface area contributed by atoms with Gasteiger partial charge >= 0.3 is 0 Å². The summed E-state index contributed by atoms with van der Waals surface area (Å²) in [5.74, 6) is 2.07. The molecule has 0 aromatic heterocycles. The van der Waals surface area contributed by atoms with E-state index >= 15 is 0 Å². The first-order valence-electron chi connectivity index (χ1n) is 5.53. The summed E-state index contributed by atoms with van der Waals surface area (Å²) in [6, 6.07) is 0. The van der Waals surface area contributed by atoms with Crippen molar-refractivity contribution >= 4 is 0 Å². The number of hydrogen-bond acceptors (Lipinski definition) is 1. The maximum Gasteiger partial charge on any atom is -0.00209 e. The summed E-state index contributed by atoms with van der Waals surface area (Å²) in [5, 5.41) is 3.29. The summed E-state index contributed by atoms with van der Waals surface area (Å²) in [6.45, 7) is 3.53. The lowest BCUT2D eigenvalue weighted by Crippen LogP contribution is -2.33. The molecule has 0 spiro atoms. The molecule has 1 rings (SSSR count). The van der Waals surface area contributed by atoms with Crippen molar-refractivity contribution in [3.05, 3.63) is 0 Å². The van der Waals surface area contributed by atoms with Crippen molar-refractivity contribution in [2.75, 3.05) is 13.6 Å². The van der Waals surface area contributed by atoms with Crippen molar-refractivity contribution in [3.8, 4) is 0 Å². The standard InChI is InChI=1S/C11H23N/c1-3-4-5-6-10-7-8-11(10)9-12-2/h10-12H,3-9H2,1-2H3. The third-order valence-electron chi connectivity index (χ3n) is 3.22. The Bertz CT molecular complexity index is 112. The van der Waals surface area contributed by atoms with E-state index in [9.17, 15) is 0 Å². The van der Waals surface area contributed by atoms with Crippen LogP contribution in [0.5, 0.6) is 0 Å². The molecule has 12 heavy (non-hydrogen) atoms. The van der Waals surface area contributed by atoms with Crippen LogP contribution >= 0.6 is 0 Å². The van der Waals surface area contributed by atoms with Crippen LogP contribution in [0.4, 0.5) is 0 Å². The minimum Gasteiger partial charge on any atom is -0.319 e. The fourth-order valence-corrected chi connectivity index (χ4v) is 2.21. The van der Waals surface area contributed by atoms with E-state index in [0.717, 1.165) is 11.8 Å². The molecule has 2 unspecified atom stereocenters. The van der Waals surface area contributed by atoms with Crippen molar-refractivity contribution in [2.24, 2.45) is 11.8 Å². The highest BCUT2D eigenvalue weighted by Crippen LogP contribution is 2.37. The Hall–Kier alpha value is -0.0400. The summed E-state index contributed by atoms with van der Waals surface area (Å²) in [5.41, 5.74) is 0. The van der Waals surface area contributed by atoms with Gasteiger partial charge < -0.3 is 5.32 Å². The second kappa shape index (κ2) is 5.58. The monoisotopic (exact) mass is 169 g/mol. The maximum atomic E-state index is 3.29. The number of rotatable bonds is 6. The fourth-order valence-electron chi connectivity index (χ4n) is 2.21. The number of unbranched alkanes of at least 4 members (excludes halogenated alkanes) is 2. The molecule has 1 aliphatic rings. The molecule has 1 nitrogen and oxygen atoms in total. The van der Waals surface area contributed by atoms with Crippen LogP contribution in [-0.2, 0) is 0 Å². The van der Waals surface area contributed by atoms with Crippen LogP contribution in [0.3, 0.4) is 0 Å². The van der Waals surface area contributed by atoms with Crippen molar-refractivity contribution in [1.82, 2.24) is 5.32 Å². The van der Waals surface area contributed by atoms with Crippen molar-refractivity contribution in [1.29, 1.82) is 0 Å². The van der Waals surface area contributed by atoms with E-state index in [1.165, 1.54) is 45.1 Å². The largest absolute Gasteiger partial charge is 0.319 e. The summed E-state index contributed by atoms with van der Waals surface area (Å²) in [4.78, 5) is 0. The Morgan fingerprint density at radius 1 is 1.17 bits per heavy atom. The molecule has 1 heteroatoms. The molecule has 1 aliphatic carbocycles. The van der Waals surface area contributed by atoms with Crippen LogP contribution in [0, 0.1) is 11.8 Å². The predicted octanol–water partition coefficient (Wildman–Crippen LogP) is 2.81. The van der Waals surface area contributed by atoms with E-state index in [-0.39, 0.29) is 0 Å². The van der Waals surface area contributed by atoms with E-state index < -0.39 is 0 Å². The molecule has 0 aliphatic heterocycles. The number of nitrogens with one attached hydrogen (secondary N) is 1. The van der Waals surface area contributed by atoms with Crippen molar-refractivity contribution in [3.63, 3.8) is 0 Å². The Morgan fingerprint density at radius 2 is 1.92 bits per heavy atom. The molecule has 0 saturated heterocycles. The van der Waals surface area contributed by atoms with Gasteiger partial charge in [-0.25, -0.2) is 0 Å². The zero-order valence-electron chi connectivity index (χ0n) is 8.60. The molecule has 2 atom stereocenters. The molecule has 1 fully saturated rings. The van der Waals surface area contributed by atoms with Crippen LogP contribution in [0.1, 0.15) is 45.4 Å². The quantitative estimate of drug-likeness (QED) is 0.603. The third kappa shape index (κ3) is 2.78. The Morgan fingerprint density at radius 3 is 2.42 bits per heavy atom. The number of hydrogen-bond donors (Lipinski definition) is 1. The topological polar surface area (TPSA) is 12.0 Å². The summed E-state index contributed by atoms with van der Waals surface area (Å²) in [6.07, 6.45) is 8.71. The van der Waals surface area contributed by atoms with Gasteiger partial charge in [-0.05, 0) is 38.3 Å². The van der Waals surface area contributed by atoms with Crippen LogP contribution in [0.2, 0.25) is 0 Å². The Kier molecular flexibility index (Phi) is 4.67. The van der Waals surface area contributed by atoms with Crippen LogP contribution < -0.4 is 5.32 Å². The predicted molar refractivity (Wildman–Crippen MR) is 54.3 cm³/mol. The zero-order chi connectivity index (χ0) is 8.81. The van der Waals surface area contributed by atoms with E-state index in [4.69, 9.17) is 0 Å². The first-order valence-corrected chi connectivity index (χ1v) is 5.53. The molecular formula is C11H23N. The molecule has 1 saturated carbocycles. The van der Waals surface area contributed by atoms with Crippen molar-refractivity contribution < 1.29 is 0 Å². The molecular weight excluding hydrogens is 146 g/mol. The summed E-state index contributed by atoms with van der Waals surface area (Å²) in [7, 11) is 2.07. The minimum absolute atomic E-state index is 1.01. The SMILES string of the molecule is CCCCCC1CCC1CNC. The highest BCUT2D eigenvalue weighted by molar-refractivity contribution is 4.81. The van der Waals surface area contributed by atoms with Crippen LogP contribution in [-0.4, -0.2) is 13.6 Å². The lowest BCUT2D eigenvalue weighted by molar-refractivity contribution is 0.159. The smallest absolute Gasteiger partial charge is 0.00209 e. The third-order valence-corrected chi connectivity index (χ3v) is 3.22. The first kappa shape index (κ1) is 10.0. The van der Waals surface area contributed by atoms with Gasteiger partial charge in [0.15, 0.2) is 0 Å². The highest BCUT2D eigenvalue weighted by atomic mass is 14.8. The van der Waals surface area contributed by atoms with Gasteiger partial charge in [-0.15, -0.1) is 0 Å². The average Bonchev–Trinajstić information content (AvgIpc) is 2.06. The lowest BCUT2D eigenvalue weighted by atomic mass is 9.71. The Balaban J connectivity index is 2.00. The highest BCUT2D eigenvalue weighted by Gasteiger charge is 2.28. The normalized spacial score (nSPS) is 28.5. The zero-order valence-corrected chi connectivity index (χ0v) is 8.60. The van der Waals surface area contributed by atoms with E-state index in [1.54, 1.807) is 0 Å².